The first-order valence-corrected chi connectivity index (χ1v) is 3.63. The maximum Gasteiger partial charge on any atom is 1.00 e. The van der Waals surface area contributed by atoms with Crippen molar-refractivity contribution in [1.29, 1.82) is 0 Å². The summed E-state index contributed by atoms with van der Waals surface area (Å²) >= 11 is 0. The van der Waals surface area contributed by atoms with Crippen molar-refractivity contribution in [2.24, 2.45) is 0 Å². The number of halogens is 1. The molecule has 0 unspecified atom stereocenters. The number of hydrogen-bond acceptors (Lipinski definition) is 1. The van der Waals surface area contributed by atoms with Crippen LogP contribution in [-0.2, 0) is 0 Å². The molecule has 60 valence electrons. The van der Waals surface area contributed by atoms with Gasteiger partial charge in [-0.1, -0.05) is 30.3 Å². The van der Waals surface area contributed by atoms with Crippen molar-refractivity contribution in [3.8, 4) is 5.75 Å². The number of benzene rings is 2. The molecular formula is C10H6FNaO. The summed E-state index contributed by atoms with van der Waals surface area (Å²) in [5.74, 6) is -0.475. The first-order chi connectivity index (χ1) is 5.79. The molecule has 0 radical (unpaired) electrons. The van der Waals surface area contributed by atoms with Gasteiger partial charge in [-0.2, -0.15) is 0 Å². The van der Waals surface area contributed by atoms with Gasteiger partial charge in [0.2, 0.25) is 0 Å². The minimum atomic E-state index is -0.342. The Labute approximate surface area is 97.5 Å². The number of rotatable bonds is 0. The van der Waals surface area contributed by atoms with Crippen LogP contribution in [0.1, 0.15) is 0 Å². The molecule has 0 fully saturated rings. The van der Waals surface area contributed by atoms with E-state index in [0.717, 1.165) is 0 Å². The second-order valence-corrected chi connectivity index (χ2v) is 2.59. The van der Waals surface area contributed by atoms with E-state index in [9.17, 15) is 9.50 Å². The predicted molar refractivity (Wildman–Crippen MR) is 43.4 cm³/mol. The van der Waals surface area contributed by atoms with Gasteiger partial charge in [-0.15, -0.1) is 5.75 Å². The van der Waals surface area contributed by atoms with Gasteiger partial charge in [0, 0.05) is 5.39 Å². The zero-order valence-corrected chi connectivity index (χ0v) is 9.25. The molecule has 0 saturated heterocycles. The second kappa shape index (κ2) is 4.09. The Hall–Kier alpha value is -0.570. The Morgan fingerprint density at radius 3 is 2.15 bits per heavy atom. The van der Waals surface area contributed by atoms with Crippen LogP contribution < -0.4 is 34.7 Å². The molecule has 0 aliphatic heterocycles. The van der Waals surface area contributed by atoms with Gasteiger partial charge in [-0.3, -0.25) is 0 Å². The third-order valence-electron chi connectivity index (χ3n) is 1.83. The van der Waals surface area contributed by atoms with Crippen molar-refractivity contribution in [2.45, 2.75) is 0 Å². The Morgan fingerprint density at radius 1 is 0.923 bits per heavy atom. The topological polar surface area (TPSA) is 23.1 Å². The quantitative estimate of drug-likeness (QED) is 0.484. The first kappa shape index (κ1) is 10.5. The predicted octanol–water partition coefficient (Wildman–Crippen LogP) is -0.944. The van der Waals surface area contributed by atoms with Crippen LogP contribution in [0.5, 0.6) is 5.75 Å². The van der Waals surface area contributed by atoms with Gasteiger partial charge in [0.1, 0.15) is 5.82 Å². The third-order valence-corrected chi connectivity index (χ3v) is 1.83. The molecule has 3 heteroatoms. The van der Waals surface area contributed by atoms with E-state index in [1.165, 1.54) is 12.1 Å². The van der Waals surface area contributed by atoms with Crippen molar-refractivity contribution in [2.75, 3.05) is 0 Å². The zero-order chi connectivity index (χ0) is 8.55. The molecule has 2 aromatic carbocycles. The van der Waals surface area contributed by atoms with E-state index in [2.05, 4.69) is 0 Å². The largest absolute Gasteiger partial charge is 1.00 e. The van der Waals surface area contributed by atoms with E-state index in [0.29, 0.717) is 10.8 Å². The van der Waals surface area contributed by atoms with Crippen LogP contribution in [0.4, 0.5) is 4.39 Å². The van der Waals surface area contributed by atoms with Gasteiger partial charge in [-0.25, -0.2) is 4.39 Å². The molecule has 0 bridgehead atoms. The van der Waals surface area contributed by atoms with E-state index in [4.69, 9.17) is 0 Å². The molecule has 0 amide bonds. The van der Waals surface area contributed by atoms with Crippen LogP contribution >= 0.6 is 0 Å². The fourth-order valence-corrected chi connectivity index (χ4v) is 1.23. The molecule has 2 aromatic rings. The third kappa shape index (κ3) is 1.85. The van der Waals surface area contributed by atoms with Gasteiger partial charge >= 0.3 is 29.6 Å². The van der Waals surface area contributed by atoms with Crippen molar-refractivity contribution in [1.82, 2.24) is 0 Å². The minimum Gasteiger partial charge on any atom is -0.872 e. The maximum absolute atomic E-state index is 13.0. The summed E-state index contributed by atoms with van der Waals surface area (Å²) < 4.78 is 13.0. The fourth-order valence-electron chi connectivity index (χ4n) is 1.23. The normalized spacial score (nSPS) is 9.62. The molecule has 1 nitrogen and oxygen atoms in total. The molecule has 0 aliphatic carbocycles. The molecule has 0 aromatic heterocycles. The van der Waals surface area contributed by atoms with Gasteiger partial charge < -0.3 is 5.11 Å². The van der Waals surface area contributed by atoms with Crippen LogP contribution in [0.2, 0.25) is 0 Å². The smallest absolute Gasteiger partial charge is 0.872 e. The minimum absolute atomic E-state index is 0. The van der Waals surface area contributed by atoms with Crippen LogP contribution in [0, 0.1) is 5.82 Å². The van der Waals surface area contributed by atoms with Gasteiger partial charge in [0.05, 0.1) is 0 Å². The van der Waals surface area contributed by atoms with E-state index in [-0.39, 0.29) is 41.1 Å². The standard InChI is InChI=1S/C10H7FO.Na/c11-9-5-6-10(12)8-4-2-1-3-7(8)9;/h1-6,12H;/q;+1/p-1. The van der Waals surface area contributed by atoms with Crippen LogP contribution in [-0.4, -0.2) is 0 Å². The van der Waals surface area contributed by atoms with Gasteiger partial charge in [0.15, 0.2) is 0 Å². The second-order valence-electron chi connectivity index (χ2n) is 2.59. The van der Waals surface area contributed by atoms with E-state index in [1.807, 2.05) is 0 Å². The maximum atomic E-state index is 13.0. The summed E-state index contributed by atoms with van der Waals surface area (Å²) in [7, 11) is 0. The van der Waals surface area contributed by atoms with Crippen LogP contribution in [0.15, 0.2) is 36.4 Å². The first-order valence-electron chi connectivity index (χ1n) is 3.63. The van der Waals surface area contributed by atoms with Gasteiger partial charge in [-0.05, 0) is 11.5 Å². The number of fused-ring (bicyclic) bond motifs is 1. The van der Waals surface area contributed by atoms with E-state index >= 15 is 0 Å². The monoisotopic (exact) mass is 184 g/mol. The zero-order valence-electron chi connectivity index (χ0n) is 7.25. The summed E-state index contributed by atoms with van der Waals surface area (Å²) in [5, 5.41) is 12.0. The van der Waals surface area contributed by atoms with Crippen molar-refractivity contribution in [3.05, 3.63) is 42.2 Å². The summed E-state index contributed by atoms with van der Waals surface area (Å²) in [6.45, 7) is 0. The Morgan fingerprint density at radius 2 is 1.54 bits per heavy atom. The Balaban J connectivity index is 0.000000845. The van der Waals surface area contributed by atoms with Crippen molar-refractivity contribution < 1.29 is 39.1 Å². The number of hydrogen-bond donors (Lipinski definition) is 0. The average Bonchev–Trinajstić information content (AvgIpc) is 2.12. The Kier molecular flexibility index (Phi) is 3.31. The summed E-state index contributed by atoms with van der Waals surface area (Å²) in [6.07, 6.45) is 0. The summed E-state index contributed by atoms with van der Waals surface area (Å²) in [6, 6.07) is 9.11. The molecule has 0 spiro atoms. The SMILES string of the molecule is [Na+].[O-]c1ccc(F)c2ccccc12. The van der Waals surface area contributed by atoms with Gasteiger partial charge in [0.25, 0.3) is 0 Å². The summed E-state index contributed by atoms with van der Waals surface area (Å²) in [4.78, 5) is 0. The average molecular weight is 184 g/mol. The van der Waals surface area contributed by atoms with Crippen molar-refractivity contribution >= 4 is 10.8 Å². The van der Waals surface area contributed by atoms with E-state index in [1.54, 1.807) is 24.3 Å². The molecular weight excluding hydrogens is 178 g/mol. The Bertz CT molecular complexity index is 388. The fraction of sp³-hybridized carbons (Fsp3) is 0. The molecule has 0 atom stereocenters. The molecule has 13 heavy (non-hydrogen) atoms. The van der Waals surface area contributed by atoms with Crippen LogP contribution in [0.25, 0.3) is 10.8 Å². The van der Waals surface area contributed by atoms with Crippen molar-refractivity contribution in [3.63, 3.8) is 0 Å². The molecule has 2 rings (SSSR count). The molecule has 0 N–H and O–H groups in total. The van der Waals surface area contributed by atoms with E-state index < -0.39 is 0 Å². The molecule has 0 saturated carbocycles. The summed E-state index contributed by atoms with van der Waals surface area (Å²) in [5.41, 5.74) is 0. The molecule has 0 heterocycles. The molecule has 0 aliphatic rings. The van der Waals surface area contributed by atoms with Crippen LogP contribution in [0.3, 0.4) is 0 Å².